The van der Waals surface area contributed by atoms with Crippen LogP contribution in [0.15, 0.2) is 116 Å². The lowest BCUT2D eigenvalue weighted by Gasteiger charge is -2.52. The van der Waals surface area contributed by atoms with Gasteiger partial charge in [0.15, 0.2) is 5.43 Å². The summed E-state index contributed by atoms with van der Waals surface area (Å²) in [5, 5.41) is 82.9. The van der Waals surface area contributed by atoms with Crippen LogP contribution in [0.1, 0.15) is 147 Å². The van der Waals surface area contributed by atoms with E-state index in [0.717, 1.165) is 76.8 Å². The number of carbonyl (C=O) groups excluding carboxylic acids is 1. The maximum absolute atomic E-state index is 15.8. The fraction of sp³-hybridized carbons (Fsp3) is 0.485. The summed E-state index contributed by atoms with van der Waals surface area (Å²) in [5.74, 6) is -3.48. The molecule has 0 spiro atoms. The number of esters is 1. The Bertz CT molecular complexity index is 3610. The van der Waals surface area contributed by atoms with Crippen molar-refractivity contribution in [2.24, 2.45) is 35.3 Å². The van der Waals surface area contributed by atoms with Crippen molar-refractivity contribution in [3.63, 3.8) is 0 Å². The largest absolute Gasteiger partial charge is 0.508 e. The lowest BCUT2D eigenvalue weighted by Crippen LogP contribution is -2.59. The summed E-state index contributed by atoms with van der Waals surface area (Å²) in [5.41, 5.74) is 13.4. The Kier molecular flexibility index (Phi) is 12.5. The van der Waals surface area contributed by atoms with Gasteiger partial charge in [-0.05, 0) is 189 Å². The number of likely N-dealkylation sites (N-methyl/N-ethyl adjacent to an activating group) is 1. The van der Waals surface area contributed by atoms with Gasteiger partial charge in [0.2, 0.25) is 0 Å². The van der Waals surface area contributed by atoms with Crippen LogP contribution in [0, 0.1) is 29.6 Å². The lowest BCUT2D eigenvalue weighted by atomic mass is 9.61. The molecule has 0 saturated heterocycles. The molecule has 3 aromatic carbocycles. The van der Waals surface area contributed by atoms with Crippen molar-refractivity contribution in [2.45, 2.75) is 151 Å². The number of fused-ring (bicyclic) bond motifs is 14. The molecule has 3 saturated carbocycles. The van der Waals surface area contributed by atoms with Gasteiger partial charge in [0.05, 0.1) is 23.9 Å². The van der Waals surface area contributed by atoms with Crippen molar-refractivity contribution >= 4 is 22.5 Å². The second-order valence-corrected chi connectivity index (χ2v) is 25.2. The van der Waals surface area contributed by atoms with E-state index in [1.807, 2.05) is 19.1 Å². The molecule has 424 valence electrons. The number of nitrogens with one attached hydrogen (secondary N) is 3. The molecule has 10 aliphatic rings. The van der Waals surface area contributed by atoms with E-state index in [2.05, 4.69) is 59.4 Å². The van der Waals surface area contributed by atoms with Crippen molar-refractivity contribution < 1.29 is 49.3 Å². The second-order valence-electron chi connectivity index (χ2n) is 25.2. The minimum absolute atomic E-state index is 0.0177. The Morgan fingerprint density at radius 1 is 1.00 bits per heavy atom. The van der Waals surface area contributed by atoms with Gasteiger partial charge < -0.3 is 60.9 Å². The zero-order valence-corrected chi connectivity index (χ0v) is 46.3. The number of nitrogens with two attached hydrogens (primary N) is 1. The van der Waals surface area contributed by atoms with Crippen molar-refractivity contribution in [3.05, 3.63) is 162 Å². The molecule has 4 aliphatic heterocycles. The number of aryl methyl sites for hydroxylation is 1. The van der Waals surface area contributed by atoms with Gasteiger partial charge in [0.1, 0.15) is 63.7 Å². The highest BCUT2D eigenvalue weighted by Gasteiger charge is 2.60. The van der Waals surface area contributed by atoms with Gasteiger partial charge in [-0.15, -0.1) is 0 Å². The van der Waals surface area contributed by atoms with Crippen LogP contribution in [0.4, 0.5) is 0 Å². The van der Waals surface area contributed by atoms with Gasteiger partial charge in [-0.25, -0.2) is 4.79 Å². The summed E-state index contributed by atoms with van der Waals surface area (Å²) >= 11 is 0. The maximum atomic E-state index is 15.8. The molecule has 1 unspecified atom stereocenters. The Morgan fingerprint density at radius 2 is 1.85 bits per heavy atom. The molecule has 6 bridgehead atoms. The number of aliphatic hydroxyl groups excluding tert-OH is 2. The molecule has 1 aromatic heterocycles. The number of allylic oxidation sites excluding steroid dienone is 6. The van der Waals surface area contributed by atoms with E-state index in [4.69, 9.17) is 19.6 Å². The third-order valence-corrected chi connectivity index (χ3v) is 21.4. The van der Waals surface area contributed by atoms with Crippen LogP contribution in [0.25, 0.3) is 16.5 Å². The summed E-state index contributed by atoms with van der Waals surface area (Å²) in [6, 6.07) is 12.7. The molecule has 3 fully saturated rings. The van der Waals surface area contributed by atoms with Crippen molar-refractivity contribution in [1.82, 2.24) is 16.0 Å². The minimum atomic E-state index is -1.62. The van der Waals surface area contributed by atoms with Gasteiger partial charge in [-0.2, -0.15) is 0 Å². The number of benzene rings is 3. The predicted molar refractivity (Wildman–Crippen MR) is 305 cm³/mol. The summed E-state index contributed by atoms with van der Waals surface area (Å²) in [6.45, 7) is 5.92. The first-order valence-electron chi connectivity index (χ1n) is 29.7. The van der Waals surface area contributed by atoms with Crippen LogP contribution >= 0.6 is 0 Å². The highest BCUT2D eigenvalue weighted by atomic mass is 16.6. The minimum Gasteiger partial charge on any atom is -0.508 e. The van der Waals surface area contributed by atoms with Crippen LogP contribution in [0.5, 0.6) is 17.2 Å². The fourth-order valence-electron chi connectivity index (χ4n) is 17.7. The highest BCUT2D eigenvalue weighted by Crippen LogP contribution is 2.63. The summed E-state index contributed by atoms with van der Waals surface area (Å²) in [6.07, 6.45) is 16.2. The van der Waals surface area contributed by atoms with Crippen LogP contribution < -0.4 is 31.8 Å². The van der Waals surface area contributed by atoms with E-state index in [9.17, 15) is 35.4 Å². The molecule has 6 aliphatic carbocycles. The number of aromatic hydroxyl groups is 2. The smallest absolute Gasteiger partial charge is 0.337 e. The Hall–Kier alpha value is -6.62. The van der Waals surface area contributed by atoms with E-state index in [0.29, 0.717) is 62.0 Å². The topological polar surface area (TPSA) is 249 Å². The van der Waals surface area contributed by atoms with E-state index in [1.54, 1.807) is 25.1 Å². The Labute approximate surface area is 471 Å². The SMILES string of the molecule is C/C=C(\C(=O)O[C@@H]1Cc2c3c(c4oc(CO)cc(=O)c4c2O)[C@H]2C4=CCNC(N)=C4[C@@H](CCc4ccc(O)cc4[C@H]2CO)[C@H]2CCC4=CC(NCC)NC=C4C[C@@H]2[C@]1(C)O3)[C@@]1(O)C[C@H]2C[C@@H]1C=C1C[C@H]3CCC[C@@]3(O)c3cccc2c31. The van der Waals surface area contributed by atoms with Gasteiger partial charge in [0, 0.05) is 60.0 Å². The molecule has 81 heavy (non-hydrogen) atoms. The molecule has 15 heteroatoms. The number of rotatable bonds is 7. The maximum Gasteiger partial charge on any atom is 0.337 e. The van der Waals surface area contributed by atoms with Crippen LogP contribution in [0.3, 0.4) is 0 Å². The molecule has 11 N–H and O–H groups in total. The van der Waals surface area contributed by atoms with Crippen molar-refractivity contribution in [1.29, 1.82) is 0 Å². The molecule has 0 radical (unpaired) electrons. The number of carbonyl (C=O) groups is 1. The molecule has 4 aromatic rings. The molecular formula is C66H74N4O11. The average Bonchev–Trinajstić information content (AvgIpc) is 2.94. The highest BCUT2D eigenvalue weighted by molar-refractivity contribution is 5.93. The number of hydrogen-bond acceptors (Lipinski definition) is 15. The van der Waals surface area contributed by atoms with Gasteiger partial charge in [-0.1, -0.05) is 49.4 Å². The molecular weight excluding hydrogens is 1020 g/mol. The second kappa shape index (κ2) is 19.2. The molecule has 15 nitrogen and oxygen atoms in total. The van der Waals surface area contributed by atoms with E-state index < -0.39 is 76.9 Å². The summed E-state index contributed by atoms with van der Waals surface area (Å²) in [4.78, 5) is 30.5. The van der Waals surface area contributed by atoms with Crippen LogP contribution in [0.2, 0.25) is 0 Å². The quantitative estimate of drug-likeness (QED) is 0.0625. The third kappa shape index (κ3) is 7.77. The summed E-state index contributed by atoms with van der Waals surface area (Å²) in [7, 11) is 0. The normalized spacial score (nSPS) is 34.2. The van der Waals surface area contributed by atoms with Crippen LogP contribution in [-0.4, -0.2) is 79.8 Å². The predicted octanol–water partition coefficient (Wildman–Crippen LogP) is 7.86. The molecule has 13 atom stereocenters. The first-order chi connectivity index (χ1) is 39.1. The van der Waals surface area contributed by atoms with E-state index in [1.165, 1.54) is 11.6 Å². The lowest BCUT2D eigenvalue weighted by molar-refractivity contribution is -0.171. The van der Waals surface area contributed by atoms with Gasteiger partial charge in [0.25, 0.3) is 0 Å². The number of phenols is 2. The van der Waals surface area contributed by atoms with E-state index >= 15 is 4.79 Å². The third-order valence-electron chi connectivity index (χ3n) is 21.4. The first kappa shape index (κ1) is 52.5. The van der Waals surface area contributed by atoms with Crippen molar-refractivity contribution in [3.8, 4) is 17.2 Å². The zero-order valence-electron chi connectivity index (χ0n) is 46.3. The average molecular weight is 1100 g/mol. The number of hydrogen-bond donors (Lipinski definition) is 10. The molecule has 14 rings (SSSR count). The zero-order chi connectivity index (χ0) is 56.0. The summed E-state index contributed by atoms with van der Waals surface area (Å²) < 4.78 is 21.6. The number of ether oxygens (including phenoxy) is 2. The van der Waals surface area contributed by atoms with Crippen molar-refractivity contribution in [2.75, 3.05) is 19.7 Å². The number of aliphatic hydroxyl groups is 4. The van der Waals surface area contributed by atoms with Gasteiger partial charge >= 0.3 is 5.97 Å². The Morgan fingerprint density at radius 3 is 2.65 bits per heavy atom. The fourth-order valence-corrected chi connectivity index (χ4v) is 17.7. The van der Waals surface area contributed by atoms with E-state index in [-0.39, 0.29) is 82.0 Å². The first-order valence-corrected chi connectivity index (χ1v) is 29.7. The number of dihydropyridines is 2. The monoisotopic (exact) mass is 1100 g/mol. The standard InChI is InChI=1S/C66H74N4O11/c1-4-48(66(78)28-35-22-38(66)21-34-20-37-8-7-18-65(37,77)49-10-6-9-41(35)54(34)49)63(76)80-52-27-46-59(75)57-51(74)26-40(30-71)79-61(57)58-55-44-17-19-69-62(67)56(44)43(16-12-32-11-14-39(73)25-45(32)47(55)31-72)42-15-13-33-24-53(68-5-2)70-29-36(33)23-50(42)64(52,3)81-60(46)58/h4,6,9-11,14,17,21,24-26,29,35,37-38,42-43,47,50,52-53,55,68-73,75,77-78H,5,7-8,12-13,15-16,18-20,22-23,27-28,30-31,67H2,1-3H3/b48-4+/t35-,37-,38+,42-,43+,47-,50+,52-,53?,55+,64+,65+,66-/m1/s1. The number of phenolic OH excluding ortho intramolecular Hbond substituents is 2. The van der Waals surface area contributed by atoms with Crippen LogP contribution in [-0.2, 0) is 34.6 Å². The Balaban J connectivity index is 0.975. The molecule has 5 heterocycles. The van der Waals surface area contributed by atoms with Gasteiger partial charge in [-0.3, -0.25) is 10.1 Å². The molecule has 0 amide bonds.